The van der Waals surface area contributed by atoms with Crippen LogP contribution in [0.4, 0.5) is 0 Å². The van der Waals surface area contributed by atoms with E-state index in [0.717, 1.165) is 0 Å². The first kappa shape index (κ1) is 27.1. The van der Waals surface area contributed by atoms with Gasteiger partial charge in [0.15, 0.2) is 0 Å². The fraction of sp³-hybridized carbons (Fsp3) is 0.765. The Morgan fingerprint density at radius 3 is 1.97 bits per heavy atom. The molecular weight excluding hydrogens is 402 g/mol. The predicted molar refractivity (Wildman–Crippen MR) is 110 cm³/mol. The number of nitrogens with one attached hydrogen (secondary N) is 3. The maximum Gasteiger partial charge on any atom is 0.326 e. The summed E-state index contributed by atoms with van der Waals surface area (Å²) in [6, 6.07) is -4.29. The highest BCUT2D eigenvalue weighted by atomic mass is 32.2. The second kappa shape index (κ2) is 15.0. The predicted octanol–water partition coefficient (Wildman–Crippen LogP) is -2.25. The van der Waals surface area contributed by atoms with E-state index < -0.39 is 54.5 Å². The van der Waals surface area contributed by atoms with E-state index in [1.165, 1.54) is 18.7 Å². The lowest BCUT2D eigenvalue weighted by molar-refractivity contribution is -0.142. The number of aliphatic carboxylic acids is 1. The summed E-state index contributed by atoms with van der Waals surface area (Å²) >= 11 is 1.43. The molecule has 0 aliphatic carbocycles. The van der Waals surface area contributed by atoms with E-state index in [-0.39, 0.29) is 12.8 Å². The second-order valence-corrected chi connectivity index (χ2v) is 7.54. The minimum absolute atomic E-state index is 0.195. The van der Waals surface area contributed by atoms with Crippen molar-refractivity contribution in [2.75, 3.05) is 25.2 Å². The van der Waals surface area contributed by atoms with Crippen LogP contribution in [0.25, 0.3) is 0 Å². The molecule has 29 heavy (non-hydrogen) atoms. The molecule has 0 bridgehead atoms. The molecule has 12 heteroatoms. The first-order chi connectivity index (χ1) is 13.7. The molecule has 0 fully saturated rings. The van der Waals surface area contributed by atoms with Crippen molar-refractivity contribution in [1.29, 1.82) is 0 Å². The van der Waals surface area contributed by atoms with Crippen LogP contribution >= 0.6 is 11.8 Å². The lowest BCUT2D eigenvalue weighted by atomic mass is 10.1. The number of aliphatic hydroxyl groups is 1. The molecule has 168 valence electrons. The Morgan fingerprint density at radius 1 is 0.931 bits per heavy atom. The molecule has 0 aromatic carbocycles. The van der Waals surface area contributed by atoms with Crippen molar-refractivity contribution < 1.29 is 29.4 Å². The molecule has 0 aliphatic rings. The summed E-state index contributed by atoms with van der Waals surface area (Å²) in [5, 5.41) is 25.9. The third-order valence-corrected chi connectivity index (χ3v) is 4.68. The molecule has 0 aromatic heterocycles. The minimum Gasteiger partial charge on any atom is -0.480 e. The summed E-state index contributed by atoms with van der Waals surface area (Å²) < 4.78 is 0. The maximum absolute atomic E-state index is 12.6. The van der Waals surface area contributed by atoms with E-state index >= 15 is 0 Å². The van der Waals surface area contributed by atoms with Crippen LogP contribution < -0.4 is 27.4 Å². The fourth-order valence-electron chi connectivity index (χ4n) is 2.30. The van der Waals surface area contributed by atoms with Gasteiger partial charge in [0.1, 0.15) is 18.1 Å². The van der Waals surface area contributed by atoms with Crippen LogP contribution in [0, 0.1) is 0 Å². The highest BCUT2D eigenvalue weighted by molar-refractivity contribution is 7.98. The van der Waals surface area contributed by atoms with Crippen molar-refractivity contribution in [3.63, 3.8) is 0 Å². The average molecular weight is 436 g/mol. The highest BCUT2D eigenvalue weighted by Gasteiger charge is 2.29. The van der Waals surface area contributed by atoms with E-state index in [9.17, 15) is 29.4 Å². The van der Waals surface area contributed by atoms with E-state index in [0.29, 0.717) is 25.1 Å². The number of amides is 3. The Morgan fingerprint density at radius 2 is 1.48 bits per heavy atom. The van der Waals surface area contributed by atoms with E-state index in [2.05, 4.69) is 16.0 Å². The van der Waals surface area contributed by atoms with Crippen LogP contribution in [-0.4, -0.2) is 83.2 Å². The second-order valence-electron chi connectivity index (χ2n) is 6.56. The largest absolute Gasteiger partial charge is 0.480 e. The normalized spacial score (nSPS) is 14.9. The number of carbonyl (C=O) groups is 4. The Kier molecular flexibility index (Phi) is 14.0. The van der Waals surface area contributed by atoms with Gasteiger partial charge in [0.2, 0.25) is 17.7 Å². The Balaban J connectivity index is 5.07. The Hall–Kier alpha value is -1.89. The molecular formula is C17H33N5O6S. The minimum atomic E-state index is -1.36. The molecule has 11 nitrogen and oxygen atoms in total. The van der Waals surface area contributed by atoms with Gasteiger partial charge in [-0.2, -0.15) is 11.8 Å². The molecule has 0 aliphatic heterocycles. The van der Waals surface area contributed by atoms with E-state index in [1.54, 1.807) is 6.26 Å². The summed E-state index contributed by atoms with van der Waals surface area (Å²) in [6.45, 7) is 1.15. The Bertz CT molecular complexity index is 548. The molecule has 0 saturated carbocycles. The zero-order valence-electron chi connectivity index (χ0n) is 16.8. The summed E-state index contributed by atoms with van der Waals surface area (Å²) in [7, 11) is 0. The standard InChI is InChI=1S/C17H33N5O6S/c1-10(19)14(24)20-11(5-3-4-7-18)15(25)22-13(9-23)16(26)21-12(17(27)28)6-8-29-2/h10-13,23H,3-9,18-19H2,1-2H3,(H,20,24)(H,21,26)(H,22,25)(H,27,28). The lowest BCUT2D eigenvalue weighted by Gasteiger charge is -2.24. The third kappa shape index (κ3) is 11.0. The lowest BCUT2D eigenvalue weighted by Crippen LogP contribution is -2.58. The topological polar surface area (TPSA) is 197 Å². The van der Waals surface area contributed by atoms with Crippen molar-refractivity contribution in [2.24, 2.45) is 11.5 Å². The van der Waals surface area contributed by atoms with E-state index in [4.69, 9.17) is 11.5 Å². The van der Waals surface area contributed by atoms with Gasteiger partial charge in [-0.25, -0.2) is 4.79 Å². The molecule has 3 amide bonds. The summed E-state index contributed by atoms with van der Waals surface area (Å²) in [5.41, 5.74) is 11.0. The van der Waals surface area contributed by atoms with Gasteiger partial charge in [0.25, 0.3) is 0 Å². The van der Waals surface area contributed by atoms with Crippen molar-refractivity contribution in [1.82, 2.24) is 16.0 Å². The molecule has 0 aromatic rings. The fourth-order valence-corrected chi connectivity index (χ4v) is 2.77. The van der Waals surface area contributed by atoms with Crippen molar-refractivity contribution >= 4 is 35.5 Å². The molecule has 0 heterocycles. The van der Waals surface area contributed by atoms with Crippen LogP contribution in [0.1, 0.15) is 32.6 Å². The molecule has 4 atom stereocenters. The van der Waals surface area contributed by atoms with Crippen molar-refractivity contribution in [3.8, 4) is 0 Å². The van der Waals surface area contributed by atoms with E-state index in [1.807, 2.05) is 0 Å². The molecule has 9 N–H and O–H groups in total. The third-order valence-electron chi connectivity index (χ3n) is 4.03. The van der Waals surface area contributed by atoms with Gasteiger partial charge in [0.05, 0.1) is 12.6 Å². The quantitative estimate of drug-likeness (QED) is 0.139. The van der Waals surface area contributed by atoms with Crippen LogP contribution in [0.15, 0.2) is 0 Å². The maximum atomic E-state index is 12.6. The first-order valence-corrected chi connectivity index (χ1v) is 10.8. The number of thioether (sulfide) groups is 1. The van der Waals surface area contributed by atoms with Crippen molar-refractivity contribution in [3.05, 3.63) is 0 Å². The first-order valence-electron chi connectivity index (χ1n) is 9.37. The number of nitrogens with two attached hydrogens (primary N) is 2. The Labute approximate surface area is 174 Å². The molecule has 4 unspecified atom stereocenters. The van der Waals surface area contributed by atoms with Gasteiger partial charge < -0.3 is 37.6 Å². The SMILES string of the molecule is CSCCC(NC(=O)C(CO)NC(=O)C(CCCCN)NC(=O)C(C)N)C(=O)O. The van der Waals surface area contributed by atoms with Gasteiger partial charge >= 0.3 is 5.97 Å². The van der Waals surface area contributed by atoms with Crippen LogP contribution in [0.3, 0.4) is 0 Å². The summed E-state index contributed by atoms with van der Waals surface area (Å²) in [6.07, 6.45) is 3.46. The van der Waals surface area contributed by atoms with Gasteiger partial charge in [0, 0.05) is 0 Å². The number of rotatable bonds is 15. The number of carboxylic acids is 1. The number of hydrogen-bond acceptors (Lipinski definition) is 8. The number of carboxylic acid groups (broad SMARTS) is 1. The number of aliphatic hydroxyl groups excluding tert-OH is 1. The number of hydrogen-bond donors (Lipinski definition) is 7. The van der Waals surface area contributed by atoms with Crippen LogP contribution in [-0.2, 0) is 19.2 Å². The number of unbranched alkanes of at least 4 members (excludes halogenated alkanes) is 1. The average Bonchev–Trinajstić information content (AvgIpc) is 2.67. The van der Waals surface area contributed by atoms with Gasteiger partial charge in [-0.05, 0) is 51.2 Å². The van der Waals surface area contributed by atoms with Crippen LogP contribution in [0.2, 0.25) is 0 Å². The molecule has 0 saturated heterocycles. The van der Waals surface area contributed by atoms with Crippen LogP contribution in [0.5, 0.6) is 0 Å². The van der Waals surface area contributed by atoms with Gasteiger partial charge in [-0.3, -0.25) is 14.4 Å². The molecule has 0 rings (SSSR count). The summed E-state index contributed by atoms with van der Waals surface area (Å²) in [5.74, 6) is -2.74. The zero-order valence-corrected chi connectivity index (χ0v) is 17.7. The van der Waals surface area contributed by atoms with Gasteiger partial charge in [-0.15, -0.1) is 0 Å². The highest BCUT2D eigenvalue weighted by Crippen LogP contribution is 2.04. The van der Waals surface area contributed by atoms with Crippen molar-refractivity contribution in [2.45, 2.75) is 56.8 Å². The monoisotopic (exact) mass is 435 g/mol. The number of carbonyl (C=O) groups excluding carboxylic acids is 3. The smallest absolute Gasteiger partial charge is 0.326 e. The zero-order chi connectivity index (χ0) is 22.4. The molecule has 0 radical (unpaired) electrons. The molecule has 0 spiro atoms. The summed E-state index contributed by atoms with van der Waals surface area (Å²) in [4.78, 5) is 48.0. The van der Waals surface area contributed by atoms with Gasteiger partial charge in [-0.1, -0.05) is 0 Å².